The van der Waals surface area contributed by atoms with Crippen LogP contribution in [0.4, 0.5) is 4.39 Å². The second-order valence-electron chi connectivity index (χ2n) is 7.63. The van der Waals surface area contributed by atoms with Crippen molar-refractivity contribution in [2.24, 2.45) is 0 Å². The van der Waals surface area contributed by atoms with E-state index in [2.05, 4.69) is 16.8 Å². The Hall–Kier alpha value is -2.70. The summed E-state index contributed by atoms with van der Waals surface area (Å²) in [5.74, 6) is 0.537. The minimum Gasteiger partial charge on any atom is -0.489 e. The van der Waals surface area contributed by atoms with Crippen LogP contribution in [0.1, 0.15) is 19.0 Å². The van der Waals surface area contributed by atoms with Gasteiger partial charge in [-0.3, -0.25) is 9.30 Å². The average molecular weight is 394 g/mol. The lowest BCUT2D eigenvalue weighted by atomic mass is 10.1. The third-order valence-electron chi connectivity index (χ3n) is 5.10. The number of fused-ring (bicyclic) bond motifs is 1. The molecule has 0 unspecified atom stereocenters. The van der Waals surface area contributed by atoms with Crippen molar-refractivity contribution >= 4 is 5.65 Å². The van der Waals surface area contributed by atoms with Gasteiger partial charge in [-0.1, -0.05) is 6.58 Å². The largest absolute Gasteiger partial charge is 0.489 e. The zero-order valence-corrected chi connectivity index (χ0v) is 16.8. The normalized spacial score (nSPS) is 15.4. The molecule has 6 heteroatoms. The van der Waals surface area contributed by atoms with Gasteiger partial charge >= 0.3 is 0 Å². The van der Waals surface area contributed by atoms with Crippen molar-refractivity contribution < 1.29 is 9.13 Å². The highest BCUT2D eigenvalue weighted by atomic mass is 19.1. The lowest BCUT2D eigenvalue weighted by molar-refractivity contribution is 0.280. The van der Waals surface area contributed by atoms with E-state index in [0.29, 0.717) is 6.61 Å². The number of benzene rings is 1. The number of rotatable bonds is 6. The predicted octanol–water partition coefficient (Wildman–Crippen LogP) is 3.89. The van der Waals surface area contributed by atoms with Crippen LogP contribution in [0.3, 0.4) is 0 Å². The number of aromatic nitrogens is 2. The molecule has 1 aromatic carbocycles. The second kappa shape index (κ2) is 8.76. The van der Waals surface area contributed by atoms with Crippen molar-refractivity contribution in [1.82, 2.24) is 19.6 Å². The molecule has 152 valence electrons. The quantitative estimate of drug-likeness (QED) is 0.644. The number of hydrogen-bond donors (Lipinski definition) is 1. The molecule has 1 saturated heterocycles. The van der Waals surface area contributed by atoms with Crippen LogP contribution in [0, 0.1) is 5.82 Å². The first-order chi connectivity index (χ1) is 14.1. The van der Waals surface area contributed by atoms with Gasteiger partial charge in [0.2, 0.25) is 0 Å². The topological polar surface area (TPSA) is 41.8 Å². The Bertz CT molecular complexity index is 988. The average Bonchev–Trinajstić information content (AvgIpc) is 2.88. The van der Waals surface area contributed by atoms with Gasteiger partial charge in [0.15, 0.2) is 0 Å². The van der Waals surface area contributed by atoms with Crippen LogP contribution in [0.5, 0.6) is 5.75 Å². The van der Waals surface area contributed by atoms with E-state index in [0.717, 1.165) is 73.1 Å². The molecule has 3 aromatic rings. The van der Waals surface area contributed by atoms with E-state index in [1.54, 1.807) is 6.07 Å². The SMILES string of the molecule is C=C(C)COc1ccc(-c2nc3ccc(F)cn3c2CN2CCCNCC2)cc1. The smallest absolute Gasteiger partial charge is 0.139 e. The van der Waals surface area contributed by atoms with Crippen LogP contribution in [0.25, 0.3) is 16.9 Å². The zero-order valence-electron chi connectivity index (χ0n) is 16.8. The first kappa shape index (κ1) is 19.6. The van der Waals surface area contributed by atoms with E-state index >= 15 is 0 Å². The summed E-state index contributed by atoms with van der Waals surface area (Å²) in [6.45, 7) is 11.0. The predicted molar refractivity (Wildman–Crippen MR) is 114 cm³/mol. The number of nitrogens with zero attached hydrogens (tertiary/aromatic N) is 3. The number of ether oxygens (including phenoxy) is 1. The fourth-order valence-electron chi connectivity index (χ4n) is 3.64. The highest BCUT2D eigenvalue weighted by Gasteiger charge is 2.18. The van der Waals surface area contributed by atoms with Gasteiger partial charge in [0.1, 0.15) is 23.8 Å². The van der Waals surface area contributed by atoms with E-state index in [1.807, 2.05) is 35.6 Å². The Morgan fingerprint density at radius 3 is 2.79 bits per heavy atom. The van der Waals surface area contributed by atoms with Crippen molar-refractivity contribution in [1.29, 1.82) is 0 Å². The van der Waals surface area contributed by atoms with Crippen molar-refractivity contribution in [2.75, 3.05) is 32.8 Å². The maximum absolute atomic E-state index is 14.0. The third kappa shape index (κ3) is 4.66. The van der Waals surface area contributed by atoms with E-state index < -0.39 is 0 Å². The molecule has 29 heavy (non-hydrogen) atoms. The van der Waals surface area contributed by atoms with Crippen LogP contribution in [-0.4, -0.2) is 47.1 Å². The van der Waals surface area contributed by atoms with Gasteiger partial charge in [0.05, 0.1) is 11.4 Å². The second-order valence-corrected chi connectivity index (χ2v) is 7.63. The molecule has 0 bridgehead atoms. The Balaban J connectivity index is 1.68. The summed E-state index contributed by atoms with van der Waals surface area (Å²) in [4.78, 5) is 7.22. The minimum atomic E-state index is -0.260. The van der Waals surface area contributed by atoms with E-state index in [-0.39, 0.29) is 5.82 Å². The van der Waals surface area contributed by atoms with Gasteiger partial charge < -0.3 is 10.1 Å². The number of pyridine rings is 1. The van der Waals surface area contributed by atoms with E-state index in [1.165, 1.54) is 12.3 Å². The third-order valence-corrected chi connectivity index (χ3v) is 5.10. The van der Waals surface area contributed by atoms with Crippen LogP contribution in [0.15, 0.2) is 54.7 Å². The zero-order chi connectivity index (χ0) is 20.2. The summed E-state index contributed by atoms with van der Waals surface area (Å²) in [5, 5.41) is 3.43. The van der Waals surface area contributed by atoms with Crippen LogP contribution < -0.4 is 10.1 Å². The summed E-state index contributed by atoms with van der Waals surface area (Å²) >= 11 is 0. The molecular formula is C23H27FN4O. The molecule has 0 atom stereocenters. The fourth-order valence-corrected chi connectivity index (χ4v) is 3.64. The van der Waals surface area contributed by atoms with Crippen LogP contribution in [0.2, 0.25) is 0 Å². The molecule has 2 aromatic heterocycles. The molecule has 1 aliphatic rings. The molecular weight excluding hydrogens is 367 g/mol. The molecule has 4 rings (SSSR count). The van der Waals surface area contributed by atoms with Crippen molar-refractivity contribution in [2.45, 2.75) is 19.9 Å². The molecule has 1 N–H and O–H groups in total. The lowest BCUT2D eigenvalue weighted by Gasteiger charge is -2.20. The minimum absolute atomic E-state index is 0.260. The number of imidazole rings is 1. The molecule has 1 fully saturated rings. The Kier molecular flexibility index (Phi) is 5.92. The van der Waals surface area contributed by atoms with Gasteiger partial charge in [-0.15, -0.1) is 0 Å². The van der Waals surface area contributed by atoms with Crippen LogP contribution in [-0.2, 0) is 6.54 Å². The Labute approximate surface area is 170 Å². The molecule has 5 nitrogen and oxygen atoms in total. The maximum Gasteiger partial charge on any atom is 0.139 e. The van der Waals surface area contributed by atoms with Gasteiger partial charge in [0.25, 0.3) is 0 Å². The molecule has 3 heterocycles. The Morgan fingerprint density at radius 2 is 2.00 bits per heavy atom. The first-order valence-electron chi connectivity index (χ1n) is 10.1. The fraction of sp³-hybridized carbons (Fsp3) is 0.348. The molecule has 0 radical (unpaired) electrons. The molecule has 1 aliphatic heterocycles. The molecule has 0 amide bonds. The first-order valence-corrected chi connectivity index (χ1v) is 10.1. The number of nitrogens with one attached hydrogen (secondary N) is 1. The summed E-state index contributed by atoms with van der Waals surface area (Å²) in [7, 11) is 0. The summed E-state index contributed by atoms with van der Waals surface area (Å²) < 4.78 is 21.6. The molecule has 0 spiro atoms. The Morgan fingerprint density at radius 1 is 1.17 bits per heavy atom. The van der Waals surface area contributed by atoms with E-state index in [4.69, 9.17) is 9.72 Å². The summed E-state index contributed by atoms with van der Waals surface area (Å²) in [6, 6.07) is 11.1. The van der Waals surface area contributed by atoms with Crippen LogP contribution >= 0.6 is 0 Å². The van der Waals surface area contributed by atoms with Gasteiger partial charge in [-0.2, -0.15) is 0 Å². The molecule has 0 aliphatic carbocycles. The van der Waals surface area contributed by atoms with E-state index in [9.17, 15) is 4.39 Å². The monoisotopic (exact) mass is 394 g/mol. The van der Waals surface area contributed by atoms with Crippen molar-refractivity contribution in [3.8, 4) is 17.0 Å². The van der Waals surface area contributed by atoms with Crippen molar-refractivity contribution in [3.05, 3.63) is 66.3 Å². The van der Waals surface area contributed by atoms with Gasteiger partial charge in [0, 0.05) is 31.4 Å². The highest BCUT2D eigenvalue weighted by Crippen LogP contribution is 2.28. The summed E-state index contributed by atoms with van der Waals surface area (Å²) in [5.41, 5.74) is 4.63. The number of hydrogen-bond acceptors (Lipinski definition) is 4. The molecule has 0 saturated carbocycles. The standard InChI is InChI=1S/C23H27FN4O/c1-17(2)16-29-20-7-4-18(5-8-20)23-21(15-27-12-3-10-25-11-13-27)28-14-19(24)6-9-22(28)26-23/h4-9,14,25H,1,3,10-13,15-16H2,2H3. The lowest BCUT2D eigenvalue weighted by Crippen LogP contribution is -2.28. The highest BCUT2D eigenvalue weighted by molar-refractivity contribution is 5.67. The van der Waals surface area contributed by atoms with Crippen molar-refractivity contribution in [3.63, 3.8) is 0 Å². The van der Waals surface area contributed by atoms with Gasteiger partial charge in [-0.25, -0.2) is 9.37 Å². The number of halogens is 1. The maximum atomic E-state index is 14.0. The summed E-state index contributed by atoms with van der Waals surface area (Å²) in [6.07, 6.45) is 2.64. The van der Waals surface area contributed by atoms with Gasteiger partial charge in [-0.05, 0) is 68.4 Å².